The number of carbonyl (C=O) groups excluding carboxylic acids is 1. The highest BCUT2D eigenvalue weighted by Gasteiger charge is 2.21. The van der Waals surface area contributed by atoms with Gasteiger partial charge in [0, 0.05) is 31.9 Å². The number of rotatable bonds is 5. The molecule has 1 fully saturated rings. The van der Waals surface area contributed by atoms with Crippen molar-refractivity contribution < 1.29 is 22.7 Å². The van der Waals surface area contributed by atoms with Crippen LogP contribution in [0.3, 0.4) is 0 Å². The SMILES string of the molecule is COc1ccc(N2CCN(CC(=O)Nc3ccc(F)c(F)c3F)CC2)cc1. The number of methoxy groups -OCH3 is 1. The molecule has 0 spiro atoms. The van der Waals surface area contributed by atoms with Crippen molar-refractivity contribution in [2.75, 3.05) is 50.1 Å². The first kappa shape index (κ1) is 19.0. The van der Waals surface area contributed by atoms with E-state index in [1.165, 1.54) is 0 Å². The lowest BCUT2D eigenvalue weighted by Gasteiger charge is -2.35. The van der Waals surface area contributed by atoms with Gasteiger partial charge in [0.1, 0.15) is 5.75 Å². The van der Waals surface area contributed by atoms with Crippen LogP contribution in [-0.2, 0) is 4.79 Å². The predicted molar refractivity (Wildman–Crippen MR) is 96.6 cm³/mol. The quantitative estimate of drug-likeness (QED) is 0.812. The van der Waals surface area contributed by atoms with Gasteiger partial charge in [-0.05, 0) is 36.4 Å². The Labute approximate surface area is 155 Å². The van der Waals surface area contributed by atoms with Crippen LogP contribution >= 0.6 is 0 Å². The minimum atomic E-state index is -1.60. The molecule has 0 saturated carbocycles. The lowest BCUT2D eigenvalue weighted by atomic mass is 10.2. The molecule has 0 radical (unpaired) electrons. The van der Waals surface area contributed by atoms with Crippen LogP contribution in [0.25, 0.3) is 0 Å². The standard InChI is InChI=1S/C19H20F3N3O2/c1-27-14-4-2-13(3-5-14)25-10-8-24(9-11-25)12-17(26)23-16-7-6-15(20)18(21)19(16)22/h2-7H,8-12H2,1H3,(H,23,26). The van der Waals surface area contributed by atoms with E-state index in [1.807, 2.05) is 29.2 Å². The van der Waals surface area contributed by atoms with Crippen LogP contribution in [0, 0.1) is 17.5 Å². The lowest BCUT2D eigenvalue weighted by molar-refractivity contribution is -0.117. The first-order chi connectivity index (χ1) is 13.0. The molecule has 1 aliphatic rings. The maximum Gasteiger partial charge on any atom is 0.238 e. The molecule has 1 N–H and O–H groups in total. The maximum atomic E-state index is 13.6. The Morgan fingerprint density at radius 1 is 1.00 bits per heavy atom. The van der Waals surface area contributed by atoms with Gasteiger partial charge >= 0.3 is 0 Å². The molecule has 0 atom stereocenters. The average Bonchev–Trinajstić information content (AvgIpc) is 2.69. The fraction of sp³-hybridized carbons (Fsp3) is 0.316. The zero-order valence-electron chi connectivity index (χ0n) is 14.8. The fourth-order valence-corrected chi connectivity index (χ4v) is 2.97. The topological polar surface area (TPSA) is 44.8 Å². The van der Waals surface area contributed by atoms with Gasteiger partial charge in [0.2, 0.25) is 5.91 Å². The number of anilines is 2. The normalized spacial score (nSPS) is 14.9. The number of halogens is 3. The molecular weight excluding hydrogens is 359 g/mol. The molecule has 1 saturated heterocycles. The summed E-state index contributed by atoms with van der Waals surface area (Å²) in [5.41, 5.74) is 0.708. The van der Waals surface area contributed by atoms with Gasteiger partial charge in [-0.2, -0.15) is 0 Å². The van der Waals surface area contributed by atoms with Crippen LogP contribution in [0.4, 0.5) is 24.5 Å². The van der Waals surface area contributed by atoms with Crippen molar-refractivity contribution in [2.24, 2.45) is 0 Å². The Morgan fingerprint density at radius 3 is 2.30 bits per heavy atom. The molecule has 144 valence electrons. The van der Waals surface area contributed by atoms with Gasteiger partial charge in [-0.15, -0.1) is 0 Å². The Morgan fingerprint density at radius 2 is 1.67 bits per heavy atom. The van der Waals surface area contributed by atoms with Crippen molar-refractivity contribution in [1.29, 1.82) is 0 Å². The smallest absolute Gasteiger partial charge is 0.238 e. The number of amides is 1. The number of nitrogens with one attached hydrogen (secondary N) is 1. The van der Waals surface area contributed by atoms with E-state index in [9.17, 15) is 18.0 Å². The molecule has 1 amide bonds. The summed E-state index contributed by atoms with van der Waals surface area (Å²) in [7, 11) is 1.62. The number of ether oxygens (including phenoxy) is 1. The minimum absolute atomic E-state index is 0.0505. The minimum Gasteiger partial charge on any atom is -0.497 e. The monoisotopic (exact) mass is 379 g/mol. The average molecular weight is 379 g/mol. The molecule has 0 aliphatic carbocycles. The van der Waals surface area contributed by atoms with E-state index < -0.39 is 23.4 Å². The van der Waals surface area contributed by atoms with Gasteiger partial charge in [0.25, 0.3) is 0 Å². The van der Waals surface area contributed by atoms with Gasteiger partial charge < -0.3 is 15.0 Å². The van der Waals surface area contributed by atoms with Gasteiger partial charge in [-0.3, -0.25) is 9.69 Å². The summed E-state index contributed by atoms with van der Waals surface area (Å²) in [4.78, 5) is 16.2. The highest BCUT2D eigenvalue weighted by atomic mass is 19.2. The summed E-state index contributed by atoms with van der Waals surface area (Å²) in [6.07, 6.45) is 0. The lowest BCUT2D eigenvalue weighted by Crippen LogP contribution is -2.48. The fourth-order valence-electron chi connectivity index (χ4n) is 2.97. The Balaban J connectivity index is 1.51. The highest BCUT2D eigenvalue weighted by molar-refractivity contribution is 5.92. The number of hydrogen-bond acceptors (Lipinski definition) is 4. The number of piperazine rings is 1. The van der Waals surface area contributed by atoms with Crippen LogP contribution in [0.2, 0.25) is 0 Å². The van der Waals surface area contributed by atoms with E-state index in [1.54, 1.807) is 7.11 Å². The molecule has 27 heavy (non-hydrogen) atoms. The van der Waals surface area contributed by atoms with E-state index in [-0.39, 0.29) is 12.2 Å². The van der Waals surface area contributed by atoms with Crippen molar-refractivity contribution in [1.82, 2.24) is 4.90 Å². The largest absolute Gasteiger partial charge is 0.497 e. The number of benzene rings is 2. The van der Waals surface area contributed by atoms with E-state index in [2.05, 4.69) is 10.2 Å². The molecule has 0 aromatic heterocycles. The maximum absolute atomic E-state index is 13.6. The Hall–Kier alpha value is -2.74. The summed E-state index contributed by atoms with van der Waals surface area (Å²) in [5.74, 6) is -3.97. The molecule has 0 bridgehead atoms. The third-order valence-electron chi connectivity index (χ3n) is 4.49. The molecule has 3 rings (SSSR count). The molecule has 2 aromatic carbocycles. The van der Waals surface area contributed by atoms with Crippen LogP contribution < -0.4 is 15.0 Å². The van der Waals surface area contributed by atoms with E-state index in [0.29, 0.717) is 13.1 Å². The second-order valence-electron chi connectivity index (χ2n) is 6.23. The molecule has 5 nitrogen and oxygen atoms in total. The first-order valence-corrected chi connectivity index (χ1v) is 8.52. The molecule has 1 heterocycles. The molecular formula is C19H20F3N3O2. The van der Waals surface area contributed by atoms with Crippen LogP contribution in [0.5, 0.6) is 5.75 Å². The van der Waals surface area contributed by atoms with Gasteiger partial charge in [0.15, 0.2) is 17.5 Å². The third kappa shape index (κ3) is 4.51. The van der Waals surface area contributed by atoms with Gasteiger partial charge in [-0.1, -0.05) is 0 Å². The van der Waals surface area contributed by atoms with Gasteiger partial charge in [-0.25, -0.2) is 13.2 Å². The predicted octanol–water partition coefficient (Wildman–Crippen LogP) is 2.87. The zero-order chi connectivity index (χ0) is 19.4. The van der Waals surface area contributed by atoms with E-state index >= 15 is 0 Å². The first-order valence-electron chi connectivity index (χ1n) is 8.52. The Kier molecular flexibility index (Phi) is 5.85. The van der Waals surface area contributed by atoms with Crippen LogP contribution in [0.15, 0.2) is 36.4 Å². The van der Waals surface area contributed by atoms with Crippen LogP contribution in [-0.4, -0.2) is 50.6 Å². The van der Waals surface area contributed by atoms with Crippen molar-refractivity contribution in [2.45, 2.75) is 0 Å². The second kappa shape index (κ2) is 8.30. The molecule has 0 unspecified atom stereocenters. The zero-order valence-corrected chi connectivity index (χ0v) is 14.8. The summed E-state index contributed by atoms with van der Waals surface area (Å²) in [6, 6.07) is 9.53. The summed E-state index contributed by atoms with van der Waals surface area (Å²) in [6.45, 7) is 2.83. The number of carbonyl (C=O) groups is 1. The van der Waals surface area contributed by atoms with Gasteiger partial charge in [0.05, 0.1) is 19.3 Å². The molecule has 1 aliphatic heterocycles. The summed E-state index contributed by atoms with van der Waals surface area (Å²) in [5, 5.41) is 2.29. The third-order valence-corrected chi connectivity index (χ3v) is 4.49. The number of hydrogen-bond donors (Lipinski definition) is 1. The molecule has 8 heteroatoms. The van der Waals surface area contributed by atoms with Crippen molar-refractivity contribution >= 4 is 17.3 Å². The van der Waals surface area contributed by atoms with Crippen molar-refractivity contribution in [3.8, 4) is 5.75 Å². The van der Waals surface area contributed by atoms with Crippen molar-refractivity contribution in [3.05, 3.63) is 53.8 Å². The number of nitrogens with zero attached hydrogens (tertiary/aromatic N) is 2. The Bertz CT molecular complexity index is 807. The van der Waals surface area contributed by atoms with Crippen LogP contribution in [0.1, 0.15) is 0 Å². The summed E-state index contributed by atoms with van der Waals surface area (Å²) < 4.78 is 44.9. The second-order valence-corrected chi connectivity index (χ2v) is 6.23. The highest BCUT2D eigenvalue weighted by Crippen LogP contribution is 2.21. The summed E-state index contributed by atoms with van der Waals surface area (Å²) >= 11 is 0. The van der Waals surface area contributed by atoms with E-state index in [4.69, 9.17) is 4.74 Å². The molecule has 2 aromatic rings. The van der Waals surface area contributed by atoms with Crippen molar-refractivity contribution in [3.63, 3.8) is 0 Å². The van der Waals surface area contributed by atoms with E-state index in [0.717, 1.165) is 36.7 Å².